The molecule has 2 aromatic rings. The molecule has 1 aromatic heterocycles. The largest absolute Gasteiger partial charge is 0.335 e. The van der Waals surface area contributed by atoms with Gasteiger partial charge in [0.25, 0.3) is 5.91 Å². The molecule has 0 radical (unpaired) electrons. The van der Waals surface area contributed by atoms with E-state index < -0.39 is 0 Å². The zero-order valence-electron chi connectivity index (χ0n) is 13.8. The van der Waals surface area contributed by atoms with Crippen molar-refractivity contribution in [2.75, 3.05) is 6.54 Å². The van der Waals surface area contributed by atoms with E-state index in [0.717, 1.165) is 47.4 Å². The minimum Gasteiger partial charge on any atom is -0.335 e. The number of nitrogens with zero attached hydrogens (tertiary/aromatic N) is 3. The van der Waals surface area contributed by atoms with Gasteiger partial charge in [-0.25, -0.2) is 9.97 Å². The van der Waals surface area contributed by atoms with Crippen LogP contribution in [0.2, 0.25) is 0 Å². The Morgan fingerprint density at radius 1 is 1.18 bits per heavy atom. The van der Waals surface area contributed by atoms with Gasteiger partial charge in [0.05, 0.1) is 22.4 Å². The number of hydrogen-bond donors (Lipinski definition) is 0. The second kappa shape index (κ2) is 5.67. The molecule has 0 aliphatic heterocycles. The molecular formula is C18H23N3O. The maximum atomic E-state index is 12.8. The van der Waals surface area contributed by atoms with Crippen LogP contribution in [-0.4, -0.2) is 33.4 Å². The molecule has 0 unspecified atom stereocenters. The summed E-state index contributed by atoms with van der Waals surface area (Å²) < 4.78 is 0. The van der Waals surface area contributed by atoms with Crippen LogP contribution in [0.15, 0.2) is 18.2 Å². The van der Waals surface area contributed by atoms with Gasteiger partial charge in [0.1, 0.15) is 0 Å². The number of aromatic nitrogens is 2. The minimum absolute atomic E-state index is 0.123. The number of rotatable bonds is 4. The van der Waals surface area contributed by atoms with Gasteiger partial charge in [-0.3, -0.25) is 4.79 Å². The van der Waals surface area contributed by atoms with Gasteiger partial charge in [-0.05, 0) is 50.8 Å². The van der Waals surface area contributed by atoms with E-state index in [0.29, 0.717) is 12.0 Å². The summed E-state index contributed by atoms with van der Waals surface area (Å²) in [5.74, 6) is 0.604. The molecule has 116 valence electrons. The van der Waals surface area contributed by atoms with Gasteiger partial charge < -0.3 is 4.90 Å². The van der Waals surface area contributed by atoms with Gasteiger partial charge in [0, 0.05) is 18.2 Å². The zero-order chi connectivity index (χ0) is 15.9. The van der Waals surface area contributed by atoms with Crippen LogP contribution in [0.4, 0.5) is 0 Å². The van der Waals surface area contributed by atoms with Crippen LogP contribution in [0.3, 0.4) is 0 Å². The van der Waals surface area contributed by atoms with Gasteiger partial charge in [-0.15, -0.1) is 0 Å². The summed E-state index contributed by atoms with van der Waals surface area (Å²) in [5.41, 5.74) is 4.22. The number of benzene rings is 1. The Hall–Kier alpha value is -1.97. The molecule has 1 aromatic carbocycles. The molecular weight excluding hydrogens is 274 g/mol. The van der Waals surface area contributed by atoms with Crippen LogP contribution < -0.4 is 0 Å². The highest BCUT2D eigenvalue weighted by atomic mass is 16.2. The van der Waals surface area contributed by atoms with Crippen molar-refractivity contribution in [3.8, 4) is 0 Å². The van der Waals surface area contributed by atoms with Crippen molar-refractivity contribution in [1.29, 1.82) is 0 Å². The predicted octanol–water partition coefficient (Wildman–Crippen LogP) is 3.51. The Bertz CT molecular complexity index is 720. The minimum atomic E-state index is 0.123. The topological polar surface area (TPSA) is 46.1 Å². The molecule has 0 bridgehead atoms. The molecule has 0 N–H and O–H groups in total. The highest BCUT2D eigenvalue weighted by molar-refractivity contribution is 5.97. The van der Waals surface area contributed by atoms with E-state index >= 15 is 0 Å². The number of fused-ring (bicyclic) bond motifs is 1. The van der Waals surface area contributed by atoms with Gasteiger partial charge in [0.15, 0.2) is 0 Å². The maximum Gasteiger partial charge on any atom is 0.254 e. The first-order valence-corrected chi connectivity index (χ1v) is 8.01. The van der Waals surface area contributed by atoms with Crippen molar-refractivity contribution in [3.05, 3.63) is 35.2 Å². The summed E-state index contributed by atoms with van der Waals surface area (Å²) in [6, 6.07) is 6.09. The monoisotopic (exact) mass is 297 g/mol. The number of carbonyl (C=O) groups is 1. The van der Waals surface area contributed by atoms with Crippen LogP contribution >= 0.6 is 0 Å². The second-order valence-corrected chi connectivity index (χ2v) is 6.68. The van der Waals surface area contributed by atoms with Crippen molar-refractivity contribution in [1.82, 2.24) is 14.9 Å². The van der Waals surface area contributed by atoms with Gasteiger partial charge >= 0.3 is 0 Å². The summed E-state index contributed by atoms with van der Waals surface area (Å²) >= 11 is 0. The third kappa shape index (κ3) is 2.96. The van der Waals surface area contributed by atoms with Crippen molar-refractivity contribution >= 4 is 16.9 Å². The van der Waals surface area contributed by atoms with Gasteiger partial charge in [0.2, 0.25) is 0 Å². The molecule has 4 nitrogen and oxygen atoms in total. The lowest BCUT2D eigenvalue weighted by Gasteiger charge is -2.24. The molecule has 1 amide bonds. The van der Waals surface area contributed by atoms with Crippen molar-refractivity contribution < 1.29 is 4.79 Å². The number of amides is 1. The first-order valence-electron chi connectivity index (χ1n) is 8.01. The van der Waals surface area contributed by atoms with Crippen molar-refractivity contribution in [2.45, 2.75) is 46.6 Å². The molecule has 1 aliphatic carbocycles. The molecule has 1 saturated carbocycles. The third-order valence-corrected chi connectivity index (χ3v) is 4.13. The number of hydrogen-bond acceptors (Lipinski definition) is 3. The highest BCUT2D eigenvalue weighted by Gasteiger charge is 2.33. The van der Waals surface area contributed by atoms with E-state index in [-0.39, 0.29) is 5.91 Å². The van der Waals surface area contributed by atoms with E-state index in [1.165, 1.54) is 0 Å². The van der Waals surface area contributed by atoms with Crippen LogP contribution in [0.1, 0.15) is 48.4 Å². The molecule has 1 fully saturated rings. The van der Waals surface area contributed by atoms with E-state index in [9.17, 15) is 4.79 Å². The fourth-order valence-electron chi connectivity index (χ4n) is 2.71. The van der Waals surface area contributed by atoms with E-state index in [1.807, 2.05) is 36.9 Å². The van der Waals surface area contributed by atoms with Crippen molar-refractivity contribution in [2.24, 2.45) is 5.92 Å². The number of carbonyl (C=O) groups excluding carboxylic acids is 1. The van der Waals surface area contributed by atoms with Crippen LogP contribution in [0.5, 0.6) is 0 Å². The summed E-state index contributed by atoms with van der Waals surface area (Å²) in [4.78, 5) is 24.0. The van der Waals surface area contributed by atoms with Crippen LogP contribution in [0, 0.1) is 19.8 Å². The summed E-state index contributed by atoms with van der Waals surface area (Å²) in [6.45, 7) is 9.03. The lowest BCUT2D eigenvalue weighted by molar-refractivity contribution is 0.0722. The first-order chi connectivity index (χ1) is 10.5. The SMILES string of the molecule is Cc1nc2ccc(C(=O)N(CC(C)C)C3CC3)cc2nc1C. The average Bonchev–Trinajstić information content (AvgIpc) is 3.29. The maximum absolute atomic E-state index is 12.8. The van der Waals surface area contributed by atoms with Crippen LogP contribution in [0.25, 0.3) is 11.0 Å². The van der Waals surface area contributed by atoms with Gasteiger partial charge in [-0.2, -0.15) is 0 Å². The molecule has 4 heteroatoms. The predicted molar refractivity (Wildman–Crippen MR) is 87.9 cm³/mol. The normalized spacial score (nSPS) is 14.6. The lowest BCUT2D eigenvalue weighted by Crippen LogP contribution is -2.36. The molecule has 3 rings (SSSR count). The molecule has 22 heavy (non-hydrogen) atoms. The van der Waals surface area contributed by atoms with Gasteiger partial charge in [-0.1, -0.05) is 13.8 Å². The number of aryl methyl sites for hydroxylation is 2. The Morgan fingerprint density at radius 2 is 1.82 bits per heavy atom. The standard InChI is InChI=1S/C18H23N3O/c1-11(2)10-21(15-6-7-15)18(22)14-5-8-16-17(9-14)20-13(4)12(3)19-16/h5,8-9,11,15H,6-7,10H2,1-4H3. The van der Waals surface area contributed by atoms with E-state index in [2.05, 4.69) is 23.8 Å². The highest BCUT2D eigenvalue weighted by Crippen LogP contribution is 2.29. The van der Waals surface area contributed by atoms with Crippen LogP contribution in [-0.2, 0) is 0 Å². The molecule has 0 spiro atoms. The Balaban J connectivity index is 1.94. The summed E-state index contributed by atoms with van der Waals surface area (Å²) in [6.07, 6.45) is 2.26. The molecule has 0 atom stereocenters. The first kappa shape index (κ1) is 14.9. The zero-order valence-corrected chi connectivity index (χ0v) is 13.8. The Labute approximate surface area is 131 Å². The Morgan fingerprint density at radius 3 is 2.41 bits per heavy atom. The van der Waals surface area contributed by atoms with E-state index in [1.54, 1.807) is 0 Å². The fourth-order valence-corrected chi connectivity index (χ4v) is 2.71. The molecule has 1 heterocycles. The quantitative estimate of drug-likeness (QED) is 0.867. The third-order valence-electron chi connectivity index (χ3n) is 4.13. The van der Waals surface area contributed by atoms with E-state index in [4.69, 9.17) is 0 Å². The summed E-state index contributed by atoms with van der Waals surface area (Å²) in [7, 11) is 0. The Kier molecular flexibility index (Phi) is 3.85. The fraction of sp³-hybridized carbons (Fsp3) is 0.500. The van der Waals surface area contributed by atoms with Crippen molar-refractivity contribution in [3.63, 3.8) is 0 Å². The second-order valence-electron chi connectivity index (χ2n) is 6.68. The molecule has 1 aliphatic rings. The smallest absolute Gasteiger partial charge is 0.254 e. The molecule has 0 saturated heterocycles. The average molecular weight is 297 g/mol. The summed E-state index contributed by atoms with van der Waals surface area (Å²) in [5, 5.41) is 0. The lowest BCUT2D eigenvalue weighted by atomic mass is 10.1.